The summed E-state index contributed by atoms with van der Waals surface area (Å²) < 4.78 is 59.8. The second-order valence-electron chi connectivity index (χ2n) is 3.47. The maximum atomic E-state index is 12.4. The predicted octanol–water partition coefficient (Wildman–Crippen LogP) is 0.790. The van der Waals surface area contributed by atoms with Crippen LogP contribution in [0.4, 0.5) is 22.0 Å². The summed E-state index contributed by atoms with van der Waals surface area (Å²) in [5.74, 6) is -7.65. The largest absolute Gasteiger partial charge is 0.463 e. The Labute approximate surface area is 81.8 Å². The maximum absolute atomic E-state index is 12.4. The van der Waals surface area contributed by atoms with E-state index in [1.54, 1.807) is 5.32 Å². The van der Waals surface area contributed by atoms with Crippen molar-refractivity contribution in [1.82, 2.24) is 5.32 Å². The van der Waals surface area contributed by atoms with Gasteiger partial charge in [-0.15, -0.1) is 0 Å². The molecule has 0 aromatic rings. The molecule has 1 rings (SSSR count). The highest BCUT2D eigenvalue weighted by atomic mass is 19.4. The number of carbonyl (C=O) groups is 1. The minimum absolute atomic E-state index is 0.222. The molecule has 15 heavy (non-hydrogen) atoms. The first-order valence-electron chi connectivity index (χ1n) is 4.15. The fraction of sp³-hybridized carbons (Fsp3) is 0.857. The molecule has 88 valence electrons. The summed E-state index contributed by atoms with van der Waals surface area (Å²) >= 11 is 0. The van der Waals surface area contributed by atoms with Gasteiger partial charge in [-0.1, -0.05) is 0 Å². The topological polar surface area (TPSA) is 55.1 Å². The lowest BCUT2D eigenvalue weighted by Gasteiger charge is -2.34. The van der Waals surface area contributed by atoms with E-state index in [2.05, 4.69) is 0 Å². The summed E-state index contributed by atoms with van der Waals surface area (Å²) in [5.41, 5.74) is 5.28. The van der Waals surface area contributed by atoms with Crippen LogP contribution in [0.2, 0.25) is 0 Å². The molecule has 3 nitrogen and oxygen atoms in total. The van der Waals surface area contributed by atoms with Gasteiger partial charge in [-0.2, -0.15) is 22.0 Å². The molecule has 1 fully saturated rings. The summed E-state index contributed by atoms with van der Waals surface area (Å²) in [7, 11) is 0. The number of carbonyl (C=O) groups excluding carboxylic acids is 1. The third-order valence-corrected chi connectivity index (χ3v) is 2.15. The number of amides is 1. The van der Waals surface area contributed by atoms with Crippen molar-refractivity contribution in [2.75, 3.05) is 0 Å². The molecule has 0 aliphatic heterocycles. The predicted molar refractivity (Wildman–Crippen MR) is 40.1 cm³/mol. The van der Waals surface area contributed by atoms with Gasteiger partial charge in [0.25, 0.3) is 0 Å². The summed E-state index contributed by atoms with van der Waals surface area (Å²) in [4.78, 5) is 10.6. The molecule has 0 bridgehead atoms. The molecule has 0 atom stereocenters. The van der Waals surface area contributed by atoms with E-state index in [-0.39, 0.29) is 18.9 Å². The summed E-state index contributed by atoms with van der Waals surface area (Å²) in [5, 5.41) is 1.60. The van der Waals surface area contributed by atoms with Crippen molar-refractivity contribution in [2.45, 2.75) is 37.0 Å². The molecule has 1 saturated carbocycles. The van der Waals surface area contributed by atoms with E-state index in [0.717, 1.165) is 0 Å². The van der Waals surface area contributed by atoms with Crippen LogP contribution in [-0.4, -0.2) is 30.1 Å². The van der Waals surface area contributed by atoms with Crippen LogP contribution < -0.4 is 11.1 Å². The van der Waals surface area contributed by atoms with E-state index in [9.17, 15) is 26.7 Å². The average molecular weight is 232 g/mol. The van der Waals surface area contributed by atoms with Crippen LogP contribution in [0.1, 0.15) is 12.8 Å². The second kappa shape index (κ2) is 3.58. The quantitative estimate of drug-likeness (QED) is 0.691. The monoisotopic (exact) mass is 232 g/mol. The Morgan fingerprint density at radius 3 is 2.00 bits per heavy atom. The summed E-state index contributed by atoms with van der Waals surface area (Å²) in [6, 6.07) is -0.921. The molecular weight excluding hydrogens is 223 g/mol. The van der Waals surface area contributed by atoms with Crippen molar-refractivity contribution in [3.63, 3.8) is 0 Å². The first-order chi connectivity index (χ1) is 6.64. The standard InChI is InChI=1S/C7H9F5N2O/c8-6(9,7(10,11)12)5(15)14-4-1-3(13)2-4/h3-4H,1-2,13H2,(H,14,15). The van der Waals surface area contributed by atoms with Gasteiger partial charge in [0.2, 0.25) is 0 Å². The van der Waals surface area contributed by atoms with Gasteiger partial charge < -0.3 is 11.1 Å². The number of hydrogen-bond donors (Lipinski definition) is 2. The van der Waals surface area contributed by atoms with Gasteiger partial charge in [0, 0.05) is 12.1 Å². The van der Waals surface area contributed by atoms with E-state index in [1.165, 1.54) is 0 Å². The molecule has 0 spiro atoms. The molecule has 0 aromatic carbocycles. The van der Waals surface area contributed by atoms with E-state index in [4.69, 9.17) is 5.73 Å². The fourth-order valence-corrected chi connectivity index (χ4v) is 1.18. The molecule has 1 aliphatic rings. The number of nitrogens with two attached hydrogens (primary N) is 1. The molecule has 3 N–H and O–H groups in total. The molecule has 0 radical (unpaired) electrons. The van der Waals surface area contributed by atoms with Crippen molar-refractivity contribution < 1.29 is 26.7 Å². The van der Waals surface area contributed by atoms with E-state index in [0.29, 0.717) is 0 Å². The number of rotatable bonds is 2. The van der Waals surface area contributed by atoms with Gasteiger partial charge in [-0.25, -0.2) is 0 Å². The van der Waals surface area contributed by atoms with Gasteiger partial charge in [-0.3, -0.25) is 4.79 Å². The van der Waals surface area contributed by atoms with Crippen molar-refractivity contribution in [3.05, 3.63) is 0 Å². The van der Waals surface area contributed by atoms with Crippen LogP contribution >= 0.6 is 0 Å². The first-order valence-corrected chi connectivity index (χ1v) is 4.15. The Morgan fingerprint density at radius 2 is 1.67 bits per heavy atom. The number of alkyl halides is 5. The molecule has 0 heterocycles. The smallest absolute Gasteiger partial charge is 0.348 e. The van der Waals surface area contributed by atoms with Gasteiger partial charge in [-0.05, 0) is 12.8 Å². The zero-order valence-corrected chi connectivity index (χ0v) is 7.44. The average Bonchev–Trinajstić information content (AvgIpc) is 1.99. The third kappa shape index (κ3) is 2.36. The van der Waals surface area contributed by atoms with Crippen LogP contribution in [0.25, 0.3) is 0 Å². The van der Waals surface area contributed by atoms with Crippen LogP contribution in [0.15, 0.2) is 0 Å². The molecule has 0 saturated heterocycles. The van der Waals surface area contributed by atoms with Crippen LogP contribution in [-0.2, 0) is 4.79 Å². The van der Waals surface area contributed by atoms with Crippen molar-refractivity contribution in [1.29, 1.82) is 0 Å². The van der Waals surface area contributed by atoms with E-state index >= 15 is 0 Å². The van der Waals surface area contributed by atoms with Crippen molar-refractivity contribution in [3.8, 4) is 0 Å². The molecular formula is C7H9F5N2O. The minimum Gasteiger partial charge on any atom is -0.348 e. The van der Waals surface area contributed by atoms with E-state index < -0.39 is 24.0 Å². The Bertz CT molecular complexity index is 259. The van der Waals surface area contributed by atoms with Gasteiger partial charge >= 0.3 is 18.0 Å². The van der Waals surface area contributed by atoms with Crippen LogP contribution in [0, 0.1) is 0 Å². The molecule has 1 amide bonds. The van der Waals surface area contributed by atoms with Crippen LogP contribution in [0.3, 0.4) is 0 Å². The Kier molecular flexibility index (Phi) is 2.90. The minimum atomic E-state index is -5.86. The van der Waals surface area contributed by atoms with Gasteiger partial charge in [0.1, 0.15) is 0 Å². The maximum Gasteiger partial charge on any atom is 0.463 e. The van der Waals surface area contributed by atoms with Crippen LogP contribution in [0.5, 0.6) is 0 Å². The van der Waals surface area contributed by atoms with E-state index in [1.807, 2.05) is 0 Å². The highest BCUT2D eigenvalue weighted by Gasteiger charge is 2.63. The second-order valence-corrected chi connectivity index (χ2v) is 3.47. The fourth-order valence-electron chi connectivity index (χ4n) is 1.18. The Balaban J connectivity index is 2.53. The summed E-state index contributed by atoms with van der Waals surface area (Å²) in [6.45, 7) is 0. The summed E-state index contributed by atoms with van der Waals surface area (Å²) in [6.07, 6.45) is -5.41. The normalized spacial score (nSPS) is 27.1. The SMILES string of the molecule is NC1CC(NC(=O)C(F)(F)C(F)(F)F)C1. The zero-order valence-electron chi connectivity index (χ0n) is 7.44. The Morgan fingerprint density at radius 1 is 1.20 bits per heavy atom. The van der Waals surface area contributed by atoms with Crippen molar-refractivity contribution in [2.24, 2.45) is 5.73 Å². The van der Waals surface area contributed by atoms with Gasteiger partial charge in [0.05, 0.1) is 0 Å². The van der Waals surface area contributed by atoms with Gasteiger partial charge in [0.15, 0.2) is 0 Å². The molecule has 0 unspecified atom stereocenters. The third-order valence-electron chi connectivity index (χ3n) is 2.15. The first kappa shape index (κ1) is 12.2. The number of hydrogen-bond acceptors (Lipinski definition) is 2. The number of nitrogens with one attached hydrogen (secondary N) is 1. The van der Waals surface area contributed by atoms with Crippen molar-refractivity contribution >= 4 is 5.91 Å². The molecule has 8 heteroatoms. The molecule has 0 aromatic heterocycles. The lowest BCUT2D eigenvalue weighted by molar-refractivity contribution is -0.270. The lowest BCUT2D eigenvalue weighted by atomic mass is 9.87. The lowest BCUT2D eigenvalue weighted by Crippen LogP contribution is -2.57. The number of halogens is 5. The zero-order chi connectivity index (χ0) is 11.9. The molecule has 1 aliphatic carbocycles. The Hall–Kier alpha value is -0.920. The highest BCUT2D eigenvalue weighted by Crippen LogP contribution is 2.36. The highest BCUT2D eigenvalue weighted by molar-refractivity contribution is 5.84.